The molecule has 5 rings (SSSR count). The predicted molar refractivity (Wildman–Crippen MR) is 147 cm³/mol. The summed E-state index contributed by atoms with van der Waals surface area (Å²) in [6.45, 7) is 1.73. The first-order chi connectivity index (χ1) is 17.7. The van der Waals surface area contributed by atoms with Gasteiger partial charge in [0.2, 0.25) is 5.95 Å². The molecule has 10 nitrogen and oxygen atoms in total. The van der Waals surface area contributed by atoms with E-state index in [2.05, 4.69) is 30.1 Å². The first kappa shape index (κ1) is 25.2. The Kier molecular flexibility index (Phi) is 6.67. The number of benzene rings is 2. The minimum atomic E-state index is -0.656. The molecule has 1 atom stereocenters. The number of aliphatic hydroxyl groups excluding tert-OH is 1. The number of hydrogen-bond donors (Lipinski definition) is 3. The molecule has 4 aromatic rings. The van der Waals surface area contributed by atoms with Crippen molar-refractivity contribution in [2.24, 2.45) is 0 Å². The Morgan fingerprint density at radius 1 is 1.14 bits per heavy atom. The number of hydrogen-bond acceptors (Lipinski definition) is 9. The van der Waals surface area contributed by atoms with Crippen LogP contribution in [0.3, 0.4) is 0 Å². The molecule has 0 bridgehead atoms. The second-order valence-corrected chi connectivity index (χ2v) is 10.1. The summed E-state index contributed by atoms with van der Waals surface area (Å²) in [5.41, 5.74) is 7.65. The van der Waals surface area contributed by atoms with E-state index in [1.165, 1.54) is 6.20 Å². The number of para-hydroxylation sites is 1. The first-order valence-corrected chi connectivity index (χ1v) is 12.4. The Morgan fingerprint density at radius 2 is 1.84 bits per heavy atom. The van der Waals surface area contributed by atoms with Gasteiger partial charge in [0.25, 0.3) is 0 Å². The molecule has 0 spiro atoms. The van der Waals surface area contributed by atoms with E-state index in [1.807, 2.05) is 38.4 Å². The monoisotopic (exact) mass is 540 g/mol. The van der Waals surface area contributed by atoms with Crippen molar-refractivity contribution < 1.29 is 5.11 Å². The highest BCUT2D eigenvalue weighted by molar-refractivity contribution is 6.37. The lowest BCUT2D eigenvalue weighted by atomic mass is 9.99. The highest BCUT2D eigenvalue weighted by Crippen LogP contribution is 2.32. The molecule has 3 heterocycles. The lowest BCUT2D eigenvalue weighted by Gasteiger charge is -2.34. The molecule has 1 aliphatic rings. The fourth-order valence-electron chi connectivity index (χ4n) is 4.58. The minimum Gasteiger partial charge on any atom is -0.394 e. The lowest BCUT2D eigenvalue weighted by Crippen LogP contribution is -2.49. The van der Waals surface area contributed by atoms with Crippen LogP contribution in [-0.4, -0.2) is 68.9 Å². The van der Waals surface area contributed by atoms with Gasteiger partial charge < -0.3 is 21.1 Å². The maximum Gasteiger partial charge on any atom is 0.355 e. The Balaban J connectivity index is 1.39. The van der Waals surface area contributed by atoms with Crippen LogP contribution in [0.2, 0.25) is 10.0 Å². The smallest absolute Gasteiger partial charge is 0.355 e. The van der Waals surface area contributed by atoms with E-state index in [1.54, 1.807) is 18.2 Å². The Hall–Kier alpha value is -3.44. The molecule has 2 aromatic heterocycles. The first-order valence-electron chi connectivity index (χ1n) is 11.6. The summed E-state index contributed by atoms with van der Waals surface area (Å²) in [5, 5.41) is 14.0. The van der Waals surface area contributed by atoms with Gasteiger partial charge in [-0.15, -0.1) is 0 Å². The molecule has 4 N–H and O–H groups in total. The standard InChI is InChI=1S/C25H26Cl2N8O2/c1-33(2)25(14-36)10-11-34(13-25)16-8-6-15(7-9-16)30-23-29-12-17-21(28)35(24(37)32-22(17)31-23)20-18(26)4-3-5-19(20)27/h3-9,12,36H,10-11,13-14,28H2,1-2H3,(H,30,31,32,37). The average molecular weight is 541 g/mol. The number of likely N-dealkylation sites (N-methyl/N-ethyl adjacent to an activating group) is 1. The maximum absolute atomic E-state index is 12.9. The van der Waals surface area contributed by atoms with Crippen LogP contribution in [0.4, 0.5) is 23.1 Å². The number of aromatic nitrogens is 4. The van der Waals surface area contributed by atoms with Gasteiger partial charge in [-0.3, -0.25) is 4.90 Å². The summed E-state index contributed by atoms with van der Waals surface area (Å²) in [6.07, 6.45) is 2.39. The molecule has 0 saturated carbocycles. The second kappa shape index (κ2) is 9.79. The van der Waals surface area contributed by atoms with Gasteiger partial charge in [0.15, 0.2) is 5.65 Å². The quantitative estimate of drug-likeness (QED) is 0.337. The molecule has 1 unspecified atom stereocenters. The summed E-state index contributed by atoms with van der Waals surface area (Å²) in [6, 6.07) is 12.8. The van der Waals surface area contributed by atoms with Crippen molar-refractivity contribution in [2.75, 3.05) is 49.7 Å². The number of fused-ring (bicyclic) bond motifs is 1. The predicted octanol–water partition coefficient (Wildman–Crippen LogP) is 3.31. The molecule has 0 amide bonds. The van der Waals surface area contributed by atoms with E-state index in [0.29, 0.717) is 5.39 Å². The van der Waals surface area contributed by atoms with Crippen molar-refractivity contribution in [1.29, 1.82) is 0 Å². The number of nitrogen functional groups attached to an aromatic ring is 1. The van der Waals surface area contributed by atoms with Gasteiger partial charge in [-0.1, -0.05) is 29.3 Å². The van der Waals surface area contributed by atoms with Gasteiger partial charge in [-0.05, 0) is 56.9 Å². The van der Waals surface area contributed by atoms with Crippen LogP contribution in [0.15, 0.2) is 53.5 Å². The maximum atomic E-state index is 12.9. The van der Waals surface area contributed by atoms with Gasteiger partial charge >= 0.3 is 5.69 Å². The Bertz CT molecular complexity index is 1510. The normalized spacial score (nSPS) is 17.6. The number of rotatable bonds is 6. The summed E-state index contributed by atoms with van der Waals surface area (Å²) in [5.74, 6) is 0.358. The zero-order valence-electron chi connectivity index (χ0n) is 20.3. The van der Waals surface area contributed by atoms with Crippen LogP contribution in [-0.2, 0) is 0 Å². The Morgan fingerprint density at radius 3 is 2.46 bits per heavy atom. The Labute approximate surface area is 223 Å². The molecule has 0 aliphatic carbocycles. The molecule has 1 aliphatic heterocycles. The van der Waals surface area contributed by atoms with E-state index in [4.69, 9.17) is 28.9 Å². The summed E-state index contributed by atoms with van der Waals surface area (Å²) >= 11 is 12.6. The number of aliphatic hydroxyl groups is 1. The van der Waals surface area contributed by atoms with Crippen LogP contribution in [0.25, 0.3) is 16.7 Å². The SMILES string of the molecule is CN(C)C1(CO)CCN(c2ccc(Nc3ncc4c(N)n(-c5c(Cl)cccc5Cl)c(=O)nc4n3)cc2)C1. The fourth-order valence-corrected chi connectivity index (χ4v) is 5.15. The molecular weight excluding hydrogens is 515 g/mol. The topological polar surface area (TPSA) is 125 Å². The third kappa shape index (κ3) is 4.57. The van der Waals surface area contributed by atoms with Crippen molar-refractivity contribution in [3.05, 3.63) is 69.2 Å². The molecule has 1 fully saturated rings. The molecular formula is C25H26Cl2N8O2. The summed E-state index contributed by atoms with van der Waals surface area (Å²) in [4.78, 5) is 30.0. The van der Waals surface area contributed by atoms with E-state index in [9.17, 15) is 9.90 Å². The third-order valence-corrected chi connectivity index (χ3v) is 7.51. The van der Waals surface area contributed by atoms with Gasteiger partial charge in [-0.25, -0.2) is 14.3 Å². The fraction of sp³-hybridized carbons (Fsp3) is 0.280. The van der Waals surface area contributed by atoms with E-state index in [-0.39, 0.29) is 45.3 Å². The van der Waals surface area contributed by atoms with Crippen molar-refractivity contribution in [3.63, 3.8) is 0 Å². The van der Waals surface area contributed by atoms with Crippen molar-refractivity contribution in [1.82, 2.24) is 24.4 Å². The van der Waals surface area contributed by atoms with E-state index >= 15 is 0 Å². The number of halogens is 2. The van der Waals surface area contributed by atoms with Gasteiger partial charge in [-0.2, -0.15) is 9.97 Å². The number of nitrogens with two attached hydrogens (primary N) is 1. The molecule has 2 aromatic carbocycles. The highest BCUT2D eigenvalue weighted by atomic mass is 35.5. The van der Waals surface area contributed by atoms with E-state index in [0.717, 1.165) is 35.5 Å². The molecule has 12 heteroatoms. The minimum absolute atomic E-state index is 0.0863. The highest BCUT2D eigenvalue weighted by Gasteiger charge is 2.39. The van der Waals surface area contributed by atoms with Crippen LogP contribution in [0.1, 0.15) is 6.42 Å². The second-order valence-electron chi connectivity index (χ2n) is 9.24. The largest absolute Gasteiger partial charge is 0.394 e. The summed E-state index contributed by atoms with van der Waals surface area (Å²) < 4.78 is 1.16. The third-order valence-electron chi connectivity index (χ3n) is 6.90. The number of anilines is 4. The van der Waals surface area contributed by atoms with Gasteiger partial charge in [0.05, 0.1) is 33.3 Å². The van der Waals surface area contributed by atoms with Crippen LogP contribution >= 0.6 is 23.2 Å². The summed E-state index contributed by atoms with van der Waals surface area (Å²) in [7, 11) is 4.00. The molecule has 37 heavy (non-hydrogen) atoms. The van der Waals surface area contributed by atoms with Gasteiger partial charge in [0, 0.05) is 30.7 Å². The van der Waals surface area contributed by atoms with Crippen molar-refractivity contribution in [2.45, 2.75) is 12.0 Å². The number of nitrogens with zero attached hydrogens (tertiary/aromatic N) is 6. The van der Waals surface area contributed by atoms with Crippen LogP contribution in [0, 0.1) is 0 Å². The average Bonchev–Trinajstić information content (AvgIpc) is 3.32. The molecule has 1 saturated heterocycles. The lowest BCUT2D eigenvalue weighted by molar-refractivity contribution is 0.0867. The van der Waals surface area contributed by atoms with Crippen molar-refractivity contribution >= 4 is 57.4 Å². The molecule has 0 radical (unpaired) electrons. The zero-order valence-corrected chi connectivity index (χ0v) is 21.8. The van der Waals surface area contributed by atoms with Crippen LogP contribution < -0.4 is 21.6 Å². The zero-order chi connectivity index (χ0) is 26.3. The van der Waals surface area contributed by atoms with Crippen molar-refractivity contribution in [3.8, 4) is 5.69 Å². The van der Waals surface area contributed by atoms with E-state index < -0.39 is 5.69 Å². The molecule has 192 valence electrons. The number of nitrogens with one attached hydrogen (secondary N) is 1. The van der Waals surface area contributed by atoms with Crippen LogP contribution in [0.5, 0.6) is 0 Å². The van der Waals surface area contributed by atoms with Gasteiger partial charge in [0.1, 0.15) is 5.82 Å².